The minimum absolute atomic E-state index is 0.112. The third-order valence-electron chi connectivity index (χ3n) is 2.64. The van der Waals surface area contributed by atoms with E-state index in [-0.39, 0.29) is 18.9 Å². The molecule has 1 amide bonds. The van der Waals surface area contributed by atoms with Crippen LogP contribution in [0.3, 0.4) is 0 Å². The molecule has 18 heavy (non-hydrogen) atoms. The van der Waals surface area contributed by atoms with E-state index in [0.717, 1.165) is 11.3 Å². The first-order valence-electron chi connectivity index (χ1n) is 5.73. The molecule has 0 spiro atoms. The average molecular weight is 250 g/mol. The van der Waals surface area contributed by atoms with E-state index in [9.17, 15) is 9.59 Å². The maximum absolute atomic E-state index is 11.6. The number of aliphatic carboxylic acids is 1. The first-order valence-corrected chi connectivity index (χ1v) is 5.73. The summed E-state index contributed by atoms with van der Waals surface area (Å²) in [5.41, 5.74) is 0.749. The number of rotatable bonds is 5. The monoisotopic (exact) mass is 250 g/mol. The van der Waals surface area contributed by atoms with Crippen LogP contribution in [-0.4, -0.2) is 28.5 Å². The smallest absolute Gasteiger partial charge is 0.310 e. The molecular formula is C13H18N2O3. The van der Waals surface area contributed by atoms with Crippen LogP contribution in [0.4, 0.5) is 0 Å². The summed E-state index contributed by atoms with van der Waals surface area (Å²) in [5, 5.41) is 11.5. The number of amides is 1. The summed E-state index contributed by atoms with van der Waals surface area (Å²) < 4.78 is 0. The normalized spacial score (nSPS) is 11.1. The topological polar surface area (TPSA) is 79.3 Å². The van der Waals surface area contributed by atoms with Crippen LogP contribution in [0.2, 0.25) is 0 Å². The summed E-state index contributed by atoms with van der Waals surface area (Å²) in [7, 11) is 0. The number of aryl methyl sites for hydroxylation is 1. The molecule has 0 atom stereocenters. The fourth-order valence-corrected chi connectivity index (χ4v) is 1.25. The number of nitrogens with one attached hydrogen (secondary N) is 1. The minimum Gasteiger partial charge on any atom is -0.481 e. The zero-order chi connectivity index (χ0) is 13.8. The number of carbonyl (C=O) groups excluding carboxylic acids is 1. The van der Waals surface area contributed by atoms with Crippen LogP contribution in [0.1, 0.15) is 25.1 Å². The van der Waals surface area contributed by atoms with Crippen molar-refractivity contribution >= 4 is 11.9 Å². The van der Waals surface area contributed by atoms with Crippen molar-refractivity contribution in [3.8, 4) is 0 Å². The van der Waals surface area contributed by atoms with Crippen molar-refractivity contribution in [1.29, 1.82) is 0 Å². The minimum atomic E-state index is -0.957. The van der Waals surface area contributed by atoms with Crippen molar-refractivity contribution in [1.82, 2.24) is 10.3 Å². The van der Waals surface area contributed by atoms with Gasteiger partial charge in [-0.3, -0.25) is 14.6 Å². The number of carbonyl (C=O) groups is 2. The van der Waals surface area contributed by atoms with Crippen LogP contribution >= 0.6 is 0 Å². The highest BCUT2D eigenvalue weighted by atomic mass is 16.4. The Bertz CT molecular complexity index is 438. The maximum atomic E-state index is 11.6. The number of pyridine rings is 1. The number of carboxylic acid groups (broad SMARTS) is 1. The summed E-state index contributed by atoms with van der Waals surface area (Å²) in [4.78, 5) is 26.6. The summed E-state index contributed by atoms with van der Waals surface area (Å²) in [6.45, 7) is 5.13. The number of nitrogens with zero attached hydrogens (tertiary/aromatic N) is 1. The number of aromatic nitrogens is 1. The van der Waals surface area contributed by atoms with Gasteiger partial charge in [0.1, 0.15) is 0 Å². The zero-order valence-corrected chi connectivity index (χ0v) is 10.9. The van der Waals surface area contributed by atoms with Crippen LogP contribution in [0, 0.1) is 12.3 Å². The molecule has 1 heterocycles. The standard InChI is InChI=1S/C13H18N2O3/c1-9-4-5-10(7-14-9)6-11(16)15-8-13(2,3)12(17)18/h4-5,7H,6,8H2,1-3H3,(H,15,16)(H,17,18). The van der Waals surface area contributed by atoms with E-state index in [1.165, 1.54) is 0 Å². The molecule has 0 fully saturated rings. The summed E-state index contributed by atoms with van der Waals surface area (Å²) in [5.74, 6) is -1.13. The van der Waals surface area contributed by atoms with E-state index in [4.69, 9.17) is 5.11 Å². The quantitative estimate of drug-likeness (QED) is 0.821. The van der Waals surface area contributed by atoms with Crippen LogP contribution in [0.5, 0.6) is 0 Å². The molecule has 1 rings (SSSR count). The maximum Gasteiger partial charge on any atom is 0.310 e. The molecule has 5 heteroatoms. The van der Waals surface area contributed by atoms with Gasteiger partial charge in [0.15, 0.2) is 0 Å². The molecule has 0 bridgehead atoms. The van der Waals surface area contributed by atoms with E-state index < -0.39 is 11.4 Å². The molecule has 0 aliphatic rings. The Hall–Kier alpha value is -1.91. The molecule has 0 saturated carbocycles. The van der Waals surface area contributed by atoms with Crippen LogP contribution < -0.4 is 5.32 Å². The molecule has 1 aromatic heterocycles. The summed E-state index contributed by atoms with van der Waals surface area (Å²) >= 11 is 0. The molecule has 1 aromatic rings. The van der Waals surface area contributed by atoms with Gasteiger partial charge >= 0.3 is 5.97 Å². The molecule has 0 unspecified atom stereocenters. The fraction of sp³-hybridized carbons (Fsp3) is 0.462. The molecule has 98 valence electrons. The fourth-order valence-electron chi connectivity index (χ4n) is 1.25. The van der Waals surface area contributed by atoms with Gasteiger partial charge in [-0.25, -0.2) is 0 Å². The lowest BCUT2D eigenvalue weighted by Gasteiger charge is -2.19. The second kappa shape index (κ2) is 5.62. The summed E-state index contributed by atoms with van der Waals surface area (Å²) in [6, 6.07) is 3.67. The van der Waals surface area contributed by atoms with Gasteiger partial charge in [-0.15, -0.1) is 0 Å². The van der Waals surface area contributed by atoms with Gasteiger partial charge in [0.05, 0.1) is 11.8 Å². The first-order chi connectivity index (χ1) is 8.31. The lowest BCUT2D eigenvalue weighted by Crippen LogP contribution is -2.39. The highest BCUT2D eigenvalue weighted by molar-refractivity contribution is 5.80. The lowest BCUT2D eigenvalue weighted by molar-refractivity contribution is -0.146. The van der Waals surface area contributed by atoms with E-state index in [1.807, 2.05) is 19.1 Å². The van der Waals surface area contributed by atoms with E-state index in [0.29, 0.717) is 0 Å². The van der Waals surface area contributed by atoms with E-state index in [2.05, 4.69) is 10.3 Å². The molecule has 2 N–H and O–H groups in total. The third kappa shape index (κ3) is 4.16. The Balaban J connectivity index is 2.48. The van der Waals surface area contributed by atoms with Crippen molar-refractivity contribution in [2.45, 2.75) is 27.2 Å². The Morgan fingerprint density at radius 1 is 1.39 bits per heavy atom. The highest BCUT2D eigenvalue weighted by Gasteiger charge is 2.27. The summed E-state index contributed by atoms with van der Waals surface area (Å²) in [6.07, 6.45) is 1.86. The second-order valence-corrected chi connectivity index (χ2v) is 4.95. The average Bonchev–Trinajstić information content (AvgIpc) is 2.29. The van der Waals surface area contributed by atoms with Gasteiger partial charge in [-0.2, -0.15) is 0 Å². The molecule has 0 saturated heterocycles. The number of hydrogen-bond acceptors (Lipinski definition) is 3. The lowest BCUT2D eigenvalue weighted by atomic mass is 9.94. The molecule has 0 radical (unpaired) electrons. The van der Waals surface area contributed by atoms with Gasteiger partial charge in [-0.1, -0.05) is 6.07 Å². The third-order valence-corrected chi connectivity index (χ3v) is 2.64. The molecule has 0 aliphatic carbocycles. The Labute approximate surface area is 106 Å². The van der Waals surface area contributed by atoms with Crippen LogP contribution in [0.15, 0.2) is 18.3 Å². The molecular weight excluding hydrogens is 232 g/mol. The largest absolute Gasteiger partial charge is 0.481 e. The van der Waals surface area contributed by atoms with Crippen molar-refractivity contribution in [3.63, 3.8) is 0 Å². The van der Waals surface area contributed by atoms with Crippen LogP contribution in [0.25, 0.3) is 0 Å². The number of hydrogen-bond donors (Lipinski definition) is 2. The molecule has 0 aromatic carbocycles. The van der Waals surface area contributed by atoms with Gasteiger partial charge in [0, 0.05) is 18.4 Å². The van der Waals surface area contributed by atoms with Gasteiger partial charge in [0.2, 0.25) is 5.91 Å². The van der Waals surface area contributed by atoms with Crippen molar-refractivity contribution in [2.75, 3.05) is 6.54 Å². The Morgan fingerprint density at radius 3 is 2.56 bits per heavy atom. The van der Waals surface area contributed by atoms with Gasteiger partial charge in [0.25, 0.3) is 0 Å². The van der Waals surface area contributed by atoms with E-state index >= 15 is 0 Å². The van der Waals surface area contributed by atoms with Crippen LogP contribution in [-0.2, 0) is 16.0 Å². The highest BCUT2D eigenvalue weighted by Crippen LogP contribution is 2.13. The number of carboxylic acids is 1. The Morgan fingerprint density at radius 2 is 2.06 bits per heavy atom. The SMILES string of the molecule is Cc1ccc(CC(=O)NCC(C)(C)C(=O)O)cn1. The van der Waals surface area contributed by atoms with Gasteiger partial charge < -0.3 is 10.4 Å². The van der Waals surface area contributed by atoms with E-state index in [1.54, 1.807) is 20.0 Å². The molecule has 5 nitrogen and oxygen atoms in total. The van der Waals surface area contributed by atoms with Gasteiger partial charge in [-0.05, 0) is 32.4 Å². The predicted molar refractivity (Wildman–Crippen MR) is 67.1 cm³/mol. The molecule has 0 aliphatic heterocycles. The predicted octanol–water partition coefficient (Wildman–Crippen LogP) is 1.16. The van der Waals surface area contributed by atoms with Crippen molar-refractivity contribution < 1.29 is 14.7 Å². The second-order valence-electron chi connectivity index (χ2n) is 4.95. The van der Waals surface area contributed by atoms with Crippen molar-refractivity contribution in [2.24, 2.45) is 5.41 Å². The Kier molecular flexibility index (Phi) is 4.42. The first kappa shape index (κ1) is 14.2. The van der Waals surface area contributed by atoms with Crippen molar-refractivity contribution in [3.05, 3.63) is 29.6 Å². The zero-order valence-electron chi connectivity index (χ0n) is 10.9.